The average molecular weight is 350 g/mol. The van der Waals surface area contributed by atoms with Gasteiger partial charge >= 0.3 is 5.97 Å². The second-order valence-electron chi connectivity index (χ2n) is 6.92. The average Bonchev–Trinajstić information content (AvgIpc) is 2.94. The van der Waals surface area contributed by atoms with E-state index in [-0.39, 0.29) is 18.6 Å². The van der Waals surface area contributed by atoms with E-state index in [0.717, 1.165) is 33.4 Å². The Hall–Kier alpha value is -2.75. The van der Waals surface area contributed by atoms with Crippen molar-refractivity contribution in [2.75, 3.05) is 7.11 Å². The van der Waals surface area contributed by atoms with E-state index < -0.39 is 17.2 Å². The number of carbonyl (C=O) groups excluding carboxylic acids is 3. The molecule has 2 aromatic rings. The largest absolute Gasteiger partial charge is 0.463 e. The van der Waals surface area contributed by atoms with Gasteiger partial charge in [0.05, 0.1) is 12.5 Å². The summed E-state index contributed by atoms with van der Waals surface area (Å²) < 4.78 is 4.78. The molecule has 2 aromatic carbocycles. The van der Waals surface area contributed by atoms with Crippen LogP contribution in [0, 0.1) is 13.8 Å². The number of hydrogen-bond acceptors (Lipinski definition) is 4. The van der Waals surface area contributed by atoms with Crippen LogP contribution in [0.25, 0.3) is 11.1 Å². The molecule has 0 fully saturated rings. The maximum absolute atomic E-state index is 13.3. The number of fused-ring (bicyclic) bond motifs is 3. The molecule has 0 N–H and O–H groups in total. The Morgan fingerprint density at radius 2 is 1.65 bits per heavy atom. The fourth-order valence-corrected chi connectivity index (χ4v) is 4.16. The van der Waals surface area contributed by atoms with Gasteiger partial charge in [0.25, 0.3) is 5.78 Å². The Bertz CT molecular complexity index is 926. The minimum Gasteiger partial charge on any atom is -0.463 e. The third-order valence-electron chi connectivity index (χ3n) is 5.32. The summed E-state index contributed by atoms with van der Waals surface area (Å²) in [7, 11) is 1.21. The zero-order chi connectivity index (χ0) is 19.1. The number of hydrogen-bond donors (Lipinski definition) is 0. The number of esters is 1. The lowest BCUT2D eigenvalue weighted by molar-refractivity contribution is -0.153. The summed E-state index contributed by atoms with van der Waals surface area (Å²) in [6.45, 7) is 5.44. The van der Waals surface area contributed by atoms with E-state index in [1.165, 1.54) is 14.0 Å². The van der Waals surface area contributed by atoms with Crippen molar-refractivity contribution in [2.24, 2.45) is 0 Å². The molecule has 0 aromatic heterocycles. The van der Waals surface area contributed by atoms with Crippen molar-refractivity contribution in [3.63, 3.8) is 0 Å². The molecular weight excluding hydrogens is 328 g/mol. The van der Waals surface area contributed by atoms with Crippen LogP contribution < -0.4 is 0 Å². The molecule has 0 heterocycles. The van der Waals surface area contributed by atoms with E-state index in [1.807, 2.05) is 50.2 Å². The minimum atomic E-state index is -1.18. The monoisotopic (exact) mass is 350 g/mol. The van der Waals surface area contributed by atoms with Gasteiger partial charge in [0.1, 0.15) is 5.78 Å². The van der Waals surface area contributed by atoms with Crippen molar-refractivity contribution in [2.45, 2.75) is 39.0 Å². The summed E-state index contributed by atoms with van der Waals surface area (Å²) in [4.78, 5) is 37.4. The lowest BCUT2D eigenvalue weighted by Gasteiger charge is -2.30. The zero-order valence-corrected chi connectivity index (χ0v) is 15.5. The van der Waals surface area contributed by atoms with Gasteiger partial charge in [-0.3, -0.25) is 4.79 Å². The Balaban J connectivity index is 2.40. The minimum absolute atomic E-state index is 0.0155. The number of aryl methyl sites for hydroxylation is 2. The smallest absolute Gasteiger partial charge is 0.375 e. The third kappa shape index (κ3) is 2.48. The van der Waals surface area contributed by atoms with Crippen LogP contribution in [0.3, 0.4) is 0 Å². The predicted octanol–water partition coefficient (Wildman–Crippen LogP) is 3.68. The molecule has 0 spiro atoms. The predicted molar refractivity (Wildman–Crippen MR) is 99.1 cm³/mol. The lowest BCUT2D eigenvalue weighted by atomic mass is 9.69. The molecule has 0 aliphatic heterocycles. The molecule has 1 aliphatic carbocycles. The number of rotatable bonds is 5. The van der Waals surface area contributed by atoms with Crippen LogP contribution >= 0.6 is 0 Å². The van der Waals surface area contributed by atoms with Gasteiger partial charge in [-0.25, -0.2) is 4.79 Å². The maximum Gasteiger partial charge on any atom is 0.375 e. The summed E-state index contributed by atoms with van der Waals surface area (Å²) >= 11 is 0. The number of ether oxygens (including phenoxy) is 1. The first-order valence-electron chi connectivity index (χ1n) is 8.67. The Morgan fingerprint density at radius 1 is 1.00 bits per heavy atom. The van der Waals surface area contributed by atoms with Crippen molar-refractivity contribution in [1.29, 1.82) is 0 Å². The molecule has 0 amide bonds. The first kappa shape index (κ1) is 18.1. The summed E-state index contributed by atoms with van der Waals surface area (Å²) in [6.07, 6.45) is 0.467. The second kappa shape index (κ2) is 6.52. The van der Waals surface area contributed by atoms with Gasteiger partial charge < -0.3 is 9.53 Å². The quantitative estimate of drug-likeness (QED) is 0.610. The molecule has 0 unspecified atom stereocenters. The molecule has 0 bridgehead atoms. The van der Waals surface area contributed by atoms with E-state index in [1.54, 1.807) is 0 Å². The van der Waals surface area contributed by atoms with E-state index in [0.29, 0.717) is 0 Å². The van der Waals surface area contributed by atoms with Crippen molar-refractivity contribution in [3.05, 3.63) is 58.7 Å². The van der Waals surface area contributed by atoms with Gasteiger partial charge in [-0.2, -0.15) is 0 Å². The zero-order valence-electron chi connectivity index (χ0n) is 15.5. The highest BCUT2D eigenvalue weighted by atomic mass is 16.5. The van der Waals surface area contributed by atoms with E-state index in [4.69, 9.17) is 4.74 Å². The Morgan fingerprint density at radius 3 is 2.31 bits per heavy atom. The summed E-state index contributed by atoms with van der Waals surface area (Å²) in [5.41, 5.74) is 4.34. The molecular formula is C22H22O4. The fraction of sp³-hybridized carbons (Fsp3) is 0.318. The number of methoxy groups -OCH3 is 1. The lowest BCUT2D eigenvalue weighted by Crippen LogP contribution is -2.41. The highest BCUT2D eigenvalue weighted by Gasteiger charge is 2.52. The topological polar surface area (TPSA) is 60.4 Å². The maximum atomic E-state index is 13.3. The van der Waals surface area contributed by atoms with Crippen LogP contribution in [0.2, 0.25) is 0 Å². The highest BCUT2D eigenvalue weighted by Crippen LogP contribution is 2.54. The van der Waals surface area contributed by atoms with E-state index >= 15 is 0 Å². The van der Waals surface area contributed by atoms with Crippen molar-refractivity contribution in [1.82, 2.24) is 0 Å². The first-order valence-corrected chi connectivity index (χ1v) is 8.67. The molecule has 0 saturated carbocycles. The summed E-state index contributed by atoms with van der Waals surface area (Å²) in [5, 5.41) is 0. The summed E-state index contributed by atoms with van der Waals surface area (Å²) in [6, 6.07) is 11.6. The molecule has 1 aliphatic rings. The summed E-state index contributed by atoms with van der Waals surface area (Å²) in [5.74, 6) is -1.50. The highest BCUT2D eigenvalue weighted by molar-refractivity contribution is 6.39. The van der Waals surface area contributed by atoms with Crippen LogP contribution in [-0.2, 0) is 24.5 Å². The second-order valence-corrected chi connectivity index (χ2v) is 6.92. The van der Waals surface area contributed by atoms with Gasteiger partial charge in [0.2, 0.25) is 0 Å². The number of benzene rings is 2. The molecule has 1 atom stereocenters. The van der Waals surface area contributed by atoms with Crippen LogP contribution in [0.15, 0.2) is 36.4 Å². The number of carbonyl (C=O) groups is 3. The molecule has 134 valence electrons. The van der Waals surface area contributed by atoms with Gasteiger partial charge in [0.15, 0.2) is 0 Å². The van der Waals surface area contributed by atoms with Crippen molar-refractivity contribution in [3.8, 4) is 11.1 Å². The molecule has 0 saturated heterocycles. The van der Waals surface area contributed by atoms with Gasteiger partial charge in [-0.05, 0) is 60.6 Å². The third-order valence-corrected chi connectivity index (χ3v) is 5.32. The molecule has 26 heavy (non-hydrogen) atoms. The van der Waals surface area contributed by atoms with Gasteiger partial charge in [0, 0.05) is 6.42 Å². The van der Waals surface area contributed by atoms with Crippen molar-refractivity contribution < 1.29 is 19.1 Å². The fourth-order valence-electron chi connectivity index (χ4n) is 4.16. The molecule has 3 rings (SSSR count). The number of Topliss-reactive ketones (excluding diaryl/α,β-unsaturated/α-hetero) is 2. The van der Waals surface area contributed by atoms with Crippen LogP contribution in [-0.4, -0.2) is 24.6 Å². The van der Waals surface area contributed by atoms with E-state index in [2.05, 4.69) is 0 Å². The normalized spacial score (nSPS) is 17.4. The molecule has 0 radical (unpaired) electrons. The van der Waals surface area contributed by atoms with Crippen molar-refractivity contribution >= 4 is 17.5 Å². The van der Waals surface area contributed by atoms with Crippen LogP contribution in [0.5, 0.6) is 0 Å². The number of ketones is 2. The SMILES string of the molecule is COC(=O)C(=O)[C@]1(CCC(C)=O)c2ccccc2-c2c(C)ccc(C)c21. The van der Waals surface area contributed by atoms with Crippen LogP contribution in [0.4, 0.5) is 0 Å². The Labute approximate surface area is 153 Å². The molecule has 4 nitrogen and oxygen atoms in total. The van der Waals surface area contributed by atoms with E-state index in [9.17, 15) is 14.4 Å². The standard InChI is InChI=1S/C22H22O4/c1-13-9-10-14(2)19-18(13)16-7-5-6-8-17(16)22(19,12-11-15(3)23)20(24)21(25)26-4/h5-10H,11-12H2,1-4H3/t22-/m1/s1. The Kier molecular flexibility index (Phi) is 4.53. The first-order chi connectivity index (χ1) is 12.3. The van der Waals surface area contributed by atoms with Gasteiger partial charge in [-0.15, -0.1) is 0 Å². The molecule has 4 heteroatoms. The van der Waals surface area contributed by atoms with Gasteiger partial charge in [-0.1, -0.05) is 36.4 Å². The van der Waals surface area contributed by atoms with Crippen LogP contribution in [0.1, 0.15) is 42.0 Å².